The molecule has 5 nitrogen and oxygen atoms in total. The van der Waals surface area contributed by atoms with Crippen molar-refractivity contribution in [2.24, 2.45) is 0 Å². The van der Waals surface area contributed by atoms with Crippen LogP contribution in [0.1, 0.15) is 0 Å². The first kappa shape index (κ1) is 16.3. The summed E-state index contributed by atoms with van der Waals surface area (Å²) in [4.78, 5) is 0.128. The lowest BCUT2D eigenvalue weighted by atomic mass is 10.2. The summed E-state index contributed by atoms with van der Waals surface area (Å²) >= 11 is 6.83. The number of anilines is 3. The fraction of sp³-hybridized carbons (Fsp3) is 0.0769. The van der Waals surface area contributed by atoms with Gasteiger partial charge in [-0.05, 0) is 59.4 Å². The summed E-state index contributed by atoms with van der Waals surface area (Å²) in [6.45, 7) is 0. The molecule has 0 aliphatic carbocycles. The van der Waals surface area contributed by atoms with E-state index in [-0.39, 0.29) is 4.90 Å². The van der Waals surface area contributed by atoms with Gasteiger partial charge in [0.1, 0.15) is 0 Å². The quantitative estimate of drug-likeness (QED) is 0.643. The van der Waals surface area contributed by atoms with Gasteiger partial charge < -0.3 is 11.1 Å². The normalized spacial score (nSPS) is 11.4. The van der Waals surface area contributed by atoms with Gasteiger partial charge in [-0.2, -0.15) is 0 Å². The van der Waals surface area contributed by atoms with E-state index >= 15 is 0 Å². The summed E-state index contributed by atoms with van der Waals surface area (Å²) in [6, 6.07) is 10.2. The summed E-state index contributed by atoms with van der Waals surface area (Å²) in [5.41, 5.74) is 7.73. The van der Waals surface area contributed by atoms with Gasteiger partial charge in [-0.1, -0.05) is 15.9 Å². The van der Waals surface area contributed by atoms with Gasteiger partial charge in [0.15, 0.2) is 0 Å². The zero-order valence-electron chi connectivity index (χ0n) is 11.0. The molecule has 0 aromatic heterocycles. The predicted octanol–water partition coefficient (Wildman–Crippen LogP) is 3.45. The lowest BCUT2D eigenvalue weighted by Gasteiger charge is -2.12. The Morgan fingerprint density at radius 3 is 2.29 bits per heavy atom. The van der Waals surface area contributed by atoms with Gasteiger partial charge in [-0.25, -0.2) is 13.1 Å². The Hall–Kier alpha value is -1.09. The van der Waals surface area contributed by atoms with Gasteiger partial charge >= 0.3 is 0 Å². The van der Waals surface area contributed by atoms with E-state index in [1.54, 1.807) is 6.07 Å². The molecular formula is C13H13Br2N3O2S. The Morgan fingerprint density at radius 2 is 1.71 bits per heavy atom. The first-order chi connectivity index (χ1) is 9.83. The van der Waals surface area contributed by atoms with Gasteiger partial charge in [0, 0.05) is 8.95 Å². The number of halogens is 2. The summed E-state index contributed by atoms with van der Waals surface area (Å²) in [5, 5.41) is 3.16. The number of nitrogen functional groups attached to an aromatic ring is 1. The highest BCUT2D eigenvalue weighted by molar-refractivity contribution is 9.11. The van der Waals surface area contributed by atoms with Crippen LogP contribution in [-0.4, -0.2) is 15.5 Å². The lowest BCUT2D eigenvalue weighted by Crippen LogP contribution is -2.18. The van der Waals surface area contributed by atoms with Crippen molar-refractivity contribution in [1.29, 1.82) is 0 Å². The number of nitrogens with two attached hydrogens (primary N) is 1. The van der Waals surface area contributed by atoms with Crippen LogP contribution >= 0.6 is 31.9 Å². The number of nitrogens with one attached hydrogen (secondary N) is 2. The minimum atomic E-state index is -3.50. The third-order valence-electron chi connectivity index (χ3n) is 2.80. The van der Waals surface area contributed by atoms with Gasteiger partial charge in [0.25, 0.3) is 0 Å². The predicted molar refractivity (Wildman–Crippen MR) is 92.2 cm³/mol. The van der Waals surface area contributed by atoms with Crippen LogP contribution in [0.25, 0.3) is 0 Å². The van der Waals surface area contributed by atoms with Crippen LogP contribution in [0, 0.1) is 0 Å². The number of rotatable bonds is 4. The van der Waals surface area contributed by atoms with Gasteiger partial charge in [-0.15, -0.1) is 0 Å². The molecule has 0 radical (unpaired) electrons. The van der Waals surface area contributed by atoms with E-state index in [2.05, 4.69) is 41.9 Å². The zero-order chi connectivity index (χ0) is 15.6. The second-order valence-electron chi connectivity index (χ2n) is 4.21. The molecule has 2 aromatic carbocycles. The molecule has 2 rings (SSSR count). The molecule has 112 valence electrons. The molecule has 4 N–H and O–H groups in total. The van der Waals surface area contributed by atoms with Gasteiger partial charge in [0.05, 0.1) is 22.0 Å². The van der Waals surface area contributed by atoms with Crippen LogP contribution in [-0.2, 0) is 10.0 Å². The standard InChI is InChI=1S/C13H13Br2N3O2S/c1-17-21(19,20)9-3-5-13(11(16)7-9)18-12-4-2-8(14)6-10(12)15/h2-7,17-18H,16H2,1H3. The molecule has 0 fully saturated rings. The molecule has 0 amide bonds. The second-order valence-corrected chi connectivity index (χ2v) is 7.86. The van der Waals surface area contributed by atoms with Crippen LogP contribution in [0.15, 0.2) is 50.2 Å². The molecule has 0 spiro atoms. The van der Waals surface area contributed by atoms with Crippen molar-refractivity contribution in [3.63, 3.8) is 0 Å². The minimum absolute atomic E-state index is 0.128. The average molecular weight is 435 g/mol. The third-order valence-corrected chi connectivity index (χ3v) is 5.36. The zero-order valence-corrected chi connectivity index (χ0v) is 15.0. The molecule has 0 saturated heterocycles. The Morgan fingerprint density at radius 1 is 1.05 bits per heavy atom. The monoisotopic (exact) mass is 433 g/mol. The molecule has 0 atom stereocenters. The summed E-state index contributed by atoms with van der Waals surface area (Å²) in [7, 11) is -2.14. The molecule has 0 unspecified atom stereocenters. The molecule has 8 heteroatoms. The molecule has 0 saturated carbocycles. The van der Waals surface area contributed by atoms with Crippen molar-refractivity contribution in [2.45, 2.75) is 4.90 Å². The summed E-state index contributed by atoms with van der Waals surface area (Å²) in [5.74, 6) is 0. The van der Waals surface area contributed by atoms with Crippen molar-refractivity contribution in [3.8, 4) is 0 Å². The highest BCUT2D eigenvalue weighted by Gasteiger charge is 2.13. The van der Waals surface area contributed by atoms with Crippen LogP contribution in [0.3, 0.4) is 0 Å². The number of hydrogen-bond acceptors (Lipinski definition) is 4. The summed E-state index contributed by atoms with van der Waals surface area (Å²) < 4.78 is 27.5. The topological polar surface area (TPSA) is 84.2 Å². The van der Waals surface area contributed by atoms with E-state index in [4.69, 9.17) is 5.73 Å². The number of hydrogen-bond donors (Lipinski definition) is 3. The fourth-order valence-electron chi connectivity index (χ4n) is 1.68. The minimum Gasteiger partial charge on any atom is -0.397 e. The largest absolute Gasteiger partial charge is 0.397 e. The Kier molecular flexibility index (Phi) is 4.92. The summed E-state index contributed by atoms with van der Waals surface area (Å²) in [6.07, 6.45) is 0. The fourth-order valence-corrected chi connectivity index (χ4v) is 3.59. The van der Waals surface area contributed by atoms with E-state index in [1.165, 1.54) is 19.2 Å². The maximum absolute atomic E-state index is 11.7. The average Bonchev–Trinajstić information content (AvgIpc) is 2.43. The van der Waals surface area contributed by atoms with E-state index in [0.717, 1.165) is 14.6 Å². The maximum Gasteiger partial charge on any atom is 0.240 e. The van der Waals surface area contributed by atoms with Crippen molar-refractivity contribution in [1.82, 2.24) is 4.72 Å². The number of benzene rings is 2. The van der Waals surface area contributed by atoms with Crippen molar-refractivity contribution in [2.75, 3.05) is 18.1 Å². The highest BCUT2D eigenvalue weighted by atomic mass is 79.9. The van der Waals surface area contributed by atoms with Crippen LogP contribution < -0.4 is 15.8 Å². The molecule has 0 bridgehead atoms. The highest BCUT2D eigenvalue weighted by Crippen LogP contribution is 2.31. The Bertz CT molecular complexity index is 779. The van der Waals surface area contributed by atoms with Crippen molar-refractivity contribution < 1.29 is 8.42 Å². The molecule has 0 heterocycles. The molecule has 0 aliphatic rings. The number of sulfonamides is 1. The smallest absolute Gasteiger partial charge is 0.240 e. The first-order valence-corrected chi connectivity index (χ1v) is 8.95. The first-order valence-electron chi connectivity index (χ1n) is 5.88. The maximum atomic E-state index is 11.7. The Balaban J connectivity index is 2.34. The molecule has 2 aromatic rings. The van der Waals surface area contributed by atoms with Gasteiger partial charge in [-0.3, -0.25) is 0 Å². The third kappa shape index (κ3) is 3.76. The van der Waals surface area contributed by atoms with Crippen molar-refractivity contribution in [3.05, 3.63) is 45.3 Å². The second kappa shape index (κ2) is 6.35. The van der Waals surface area contributed by atoms with E-state index in [0.29, 0.717) is 11.4 Å². The van der Waals surface area contributed by atoms with E-state index in [9.17, 15) is 8.42 Å². The van der Waals surface area contributed by atoms with Crippen LogP contribution in [0.5, 0.6) is 0 Å². The Labute approximate surface area is 140 Å². The van der Waals surface area contributed by atoms with Crippen molar-refractivity contribution >= 4 is 58.9 Å². The van der Waals surface area contributed by atoms with Crippen LogP contribution in [0.4, 0.5) is 17.1 Å². The van der Waals surface area contributed by atoms with Gasteiger partial charge in [0.2, 0.25) is 10.0 Å². The van der Waals surface area contributed by atoms with Crippen LogP contribution in [0.2, 0.25) is 0 Å². The molecular weight excluding hydrogens is 422 g/mol. The molecule has 0 aliphatic heterocycles. The van der Waals surface area contributed by atoms with E-state index in [1.807, 2.05) is 18.2 Å². The SMILES string of the molecule is CNS(=O)(=O)c1ccc(Nc2ccc(Br)cc2Br)c(N)c1. The van der Waals surface area contributed by atoms with E-state index < -0.39 is 10.0 Å². The molecule has 21 heavy (non-hydrogen) atoms. The lowest BCUT2D eigenvalue weighted by molar-refractivity contribution is 0.588.